The molecule has 0 radical (unpaired) electrons. The normalized spacial score (nSPS) is 9.71. The Morgan fingerprint density at radius 1 is 0.706 bits per heavy atom. The molecule has 0 aliphatic heterocycles. The molecule has 0 saturated carbocycles. The van der Waals surface area contributed by atoms with E-state index in [2.05, 4.69) is 73.3 Å². The van der Waals surface area contributed by atoms with Gasteiger partial charge in [0.1, 0.15) is 0 Å². The quantitative estimate of drug-likeness (QED) is 0.355. The Bertz CT molecular complexity index is 541. The maximum atomic E-state index is 8.67. The summed E-state index contributed by atoms with van der Waals surface area (Å²) in [5, 5.41) is 5.25. The highest BCUT2D eigenvalue weighted by Crippen LogP contribution is 2.21. The van der Waals surface area contributed by atoms with Gasteiger partial charge in [0.25, 0.3) is 0 Å². The van der Waals surface area contributed by atoms with Crippen molar-refractivity contribution in [2.75, 3.05) is 0 Å². The van der Waals surface area contributed by atoms with Gasteiger partial charge in [-0.3, -0.25) is 4.79 Å². The Labute approximate surface area is 105 Å². The molecule has 3 rings (SSSR count). The third-order valence-electron chi connectivity index (χ3n) is 2.61. The molecule has 0 saturated heterocycles. The third-order valence-corrected chi connectivity index (χ3v) is 2.61. The smallest absolute Gasteiger partial charge is 0.173 e. The molecule has 0 N–H and O–H groups in total. The monoisotopic (exact) mass is 240 g/mol. The summed E-state index contributed by atoms with van der Waals surface area (Å²) in [6, 6.07) is 21.4. The molecule has 3 aromatic carbocycles. The SMILES string of the molecule is O=CS.c1ccc2cc3ccccc3cc2c1. The number of rotatable bonds is 0. The van der Waals surface area contributed by atoms with Gasteiger partial charge < -0.3 is 0 Å². The zero-order valence-electron chi connectivity index (χ0n) is 9.21. The predicted molar refractivity (Wildman–Crippen MR) is 77.2 cm³/mol. The van der Waals surface area contributed by atoms with Crippen LogP contribution in [0.5, 0.6) is 0 Å². The van der Waals surface area contributed by atoms with Gasteiger partial charge in [-0.05, 0) is 33.7 Å². The Hall–Kier alpha value is -1.80. The standard InChI is InChI=1S/C14H10.CH2OS/c1-2-6-12-10-14-8-4-3-7-13(14)9-11(12)5-1;2-1-3/h1-10H;1H,(H,2,3). The van der Waals surface area contributed by atoms with Gasteiger partial charge in [-0.2, -0.15) is 0 Å². The second kappa shape index (κ2) is 5.51. The number of carbonyl (C=O) groups excluding carboxylic acids is 1. The Kier molecular flexibility index (Phi) is 3.78. The number of carbonyl (C=O) groups is 1. The number of hydrogen-bond donors (Lipinski definition) is 1. The zero-order valence-corrected chi connectivity index (χ0v) is 10.1. The largest absolute Gasteiger partial charge is 0.291 e. The first-order chi connectivity index (χ1) is 8.35. The molecule has 0 unspecified atom stereocenters. The molecule has 0 aromatic heterocycles. The molecule has 0 bridgehead atoms. The second-order valence-corrected chi connectivity index (χ2v) is 3.86. The van der Waals surface area contributed by atoms with Crippen molar-refractivity contribution in [3.63, 3.8) is 0 Å². The van der Waals surface area contributed by atoms with Crippen molar-refractivity contribution in [1.82, 2.24) is 0 Å². The average molecular weight is 240 g/mol. The fourth-order valence-corrected chi connectivity index (χ4v) is 1.88. The molecule has 0 amide bonds. The van der Waals surface area contributed by atoms with E-state index in [4.69, 9.17) is 4.79 Å². The molecular formula is C15H12OS. The van der Waals surface area contributed by atoms with Crippen molar-refractivity contribution in [1.29, 1.82) is 0 Å². The van der Waals surface area contributed by atoms with Gasteiger partial charge in [-0.1, -0.05) is 48.5 Å². The minimum atomic E-state index is 0.444. The van der Waals surface area contributed by atoms with E-state index in [1.54, 1.807) is 0 Å². The van der Waals surface area contributed by atoms with Gasteiger partial charge in [0.15, 0.2) is 5.62 Å². The van der Waals surface area contributed by atoms with E-state index in [9.17, 15) is 0 Å². The highest BCUT2D eigenvalue weighted by molar-refractivity contribution is 7.94. The van der Waals surface area contributed by atoms with Crippen LogP contribution in [0.3, 0.4) is 0 Å². The number of fused-ring (bicyclic) bond motifs is 2. The lowest BCUT2D eigenvalue weighted by Crippen LogP contribution is -1.74. The van der Waals surface area contributed by atoms with E-state index < -0.39 is 0 Å². The molecule has 17 heavy (non-hydrogen) atoms. The van der Waals surface area contributed by atoms with Crippen LogP contribution in [0.1, 0.15) is 0 Å². The molecule has 0 atom stereocenters. The van der Waals surface area contributed by atoms with Gasteiger partial charge in [-0.25, -0.2) is 0 Å². The zero-order chi connectivity index (χ0) is 12.1. The maximum absolute atomic E-state index is 8.67. The topological polar surface area (TPSA) is 17.1 Å². The molecular weight excluding hydrogens is 228 g/mol. The highest BCUT2D eigenvalue weighted by Gasteiger charge is 1.95. The third kappa shape index (κ3) is 2.66. The maximum Gasteiger partial charge on any atom is 0.173 e. The average Bonchev–Trinajstić information content (AvgIpc) is 2.37. The molecule has 84 valence electrons. The molecule has 0 fully saturated rings. The van der Waals surface area contributed by atoms with Crippen LogP contribution in [0.4, 0.5) is 0 Å². The first kappa shape index (κ1) is 11.7. The molecule has 0 heterocycles. The van der Waals surface area contributed by atoms with Gasteiger partial charge in [0.2, 0.25) is 0 Å². The molecule has 0 aliphatic rings. The lowest BCUT2D eigenvalue weighted by molar-refractivity contribution is 0.570. The fourth-order valence-electron chi connectivity index (χ4n) is 1.88. The molecule has 0 spiro atoms. The summed E-state index contributed by atoms with van der Waals surface area (Å²) >= 11 is 3.11. The van der Waals surface area contributed by atoms with Crippen molar-refractivity contribution in [2.45, 2.75) is 0 Å². The van der Waals surface area contributed by atoms with Crippen molar-refractivity contribution >= 4 is 39.8 Å². The van der Waals surface area contributed by atoms with Crippen molar-refractivity contribution in [2.24, 2.45) is 0 Å². The molecule has 0 aliphatic carbocycles. The lowest BCUT2D eigenvalue weighted by atomic mass is 10.0. The Morgan fingerprint density at radius 3 is 1.18 bits per heavy atom. The van der Waals surface area contributed by atoms with Gasteiger partial charge in [0.05, 0.1) is 0 Å². The summed E-state index contributed by atoms with van der Waals surface area (Å²) in [5.74, 6) is 0. The van der Waals surface area contributed by atoms with E-state index in [-0.39, 0.29) is 0 Å². The first-order valence-electron chi connectivity index (χ1n) is 5.30. The van der Waals surface area contributed by atoms with Crippen LogP contribution >= 0.6 is 12.6 Å². The van der Waals surface area contributed by atoms with Crippen molar-refractivity contribution < 1.29 is 4.79 Å². The number of benzene rings is 3. The summed E-state index contributed by atoms with van der Waals surface area (Å²) < 4.78 is 0. The number of thiol groups is 1. The van der Waals surface area contributed by atoms with Gasteiger partial charge >= 0.3 is 0 Å². The van der Waals surface area contributed by atoms with E-state index >= 15 is 0 Å². The van der Waals surface area contributed by atoms with Crippen LogP contribution in [-0.2, 0) is 4.79 Å². The van der Waals surface area contributed by atoms with E-state index in [1.165, 1.54) is 21.5 Å². The Balaban J connectivity index is 0.000000329. The van der Waals surface area contributed by atoms with Crippen LogP contribution in [0, 0.1) is 0 Å². The summed E-state index contributed by atoms with van der Waals surface area (Å²) in [6.45, 7) is 0. The number of hydrogen-bond acceptors (Lipinski definition) is 1. The van der Waals surface area contributed by atoms with Crippen LogP contribution in [0.25, 0.3) is 21.5 Å². The summed E-state index contributed by atoms with van der Waals surface area (Å²) in [6.07, 6.45) is 0. The van der Waals surface area contributed by atoms with Crippen molar-refractivity contribution in [3.05, 3.63) is 60.7 Å². The van der Waals surface area contributed by atoms with Crippen LogP contribution in [0.2, 0.25) is 0 Å². The predicted octanol–water partition coefficient (Wildman–Crippen LogP) is 4.10. The summed E-state index contributed by atoms with van der Waals surface area (Å²) in [4.78, 5) is 8.67. The minimum Gasteiger partial charge on any atom is -0.291 e. The van der Waals surface area contributed by atoms with Crippen LogP contribution in [-0.4, -0.2) is 5.62 Å². The van der Waals surface area contributed by atoms with Crippen LogP contribution < -0.4 is 0 Å². The van der Waals surface area contributed by atoms with E-state index in [1.807, 2.05) is 0 Å². The second-order valence-electron chi connectivity index (χ2n) is 3.65. The van der Waals surface area contributed by atoms with E-state index in [0.717, 1.165) is 0 Å². The van der Waals surface area contributed by atoms with E-state index in [0.29, 0.717) is 5.62 Å². The van der Waals surface area contributed by atoms with Crippen LogP contribution in [0.15, 0.2) is 60.7 Å². The lowest BCUT2D eigenvalue weighted by Gasteiger charge is -2.00. The highest BCUT2D eigenvalue weighted by atomic mass is 32.1. The summed E-state index contributed by atoms with van der Waals surface area (Å²) in [7, 11) is 0. The minimum absolute atomic E-state index is 0.444. The van der Waals surface area contributed by atoms with Gasteiger partial charge in [0, 0.05) is 0 Å². The molecule has 1 nitrogen and oxygen atoms in total. The summed E-state index contributed by atoms with van der Waals surface area (Å²) in [5.41, 5.74) is 0.444. The van der Waals surface area contributed by atoms with Gasteiger partial charge in [-0.15, -0.1) is 12.6 Å². The fraction of sp³-hybridized carbons (Fsp3) is 0. The molecule has 2 heteroatoms. The first-order valence-corrected chi connectivity index (χ1v) is 5.82. The Morgan fingerprint density at radius 2 is 0.941 bits per heavy atom. The molecule has 3 aromatic rings. The van der Waals surface area contributed by atoms with Crippen molar-refractivity contribution in [3.8, 4) is 0 Å².